The first-order chi connectivity index (χ1) is 13.3. The number of fused-ring (bicyclic) bond motifs is 1. The lowest BCUT2D eigenvalue weighted by Crippen LogP contribution is -2.34. The second kappa shape index (κ2) is 8.22. The van der Waals surface area contributed by atoms with Crippen LogP contribution in [0.4, 0.5) is 5.95 Å². The third-order valence-corrected chi connectivity index (χ3v) is 4.80. The topological polar surface area (TPSA) is 68.2 Å². The Balaban J connectivity index is 1.48. The number of aromatic nitrogens is 2. The van der Waals surface area contributed by atoms with Crippen molar-refractivity contribution in [1.29, 1.82) is 0 Å². The summed E-state index contributed by atoms with van der Waals surface area (Å²) in [4.78, 5) is 17.2. The summed E-state index contributed by atoms with van der Waals surface area (Å²) in [6.07, 6.45) is 2.22. The molecule has 0 spiro atoms. The normalized spacial score (nSPS) is 16.5. The van der Waals surface area contributed by atoms with Crippen LogP contribution in [0.25, 0.3) is 11.0 Å². The van der Waals surface area contributed by atoms with Gasteiger partial charge in [0.25, 0.3) is 0 Å². The fourth-order valence-electron chi connectivity index (χ4n) is 3.38. The van der Waals surface area contributed by atoms with Crippen molar-refractivity contribution >= 4 is 22.9 Å². The number of para-hydroxylation sites is 2. The van der Waals surface area contributed by atoms with Gasteiger partial charge in [-0.25, -0.2) is 4.98 Å². The van der Waals surface area contributed by atoms with Crippen molar-refractivity contribution in [3.8, 4) is 0 Å². The molecule has 0 aliphatic carbocycles. The number of rotatable bonds is 7. The summed E-state index contributed by atoms with van der Waals surface area (Å²) >= 11 is 0. The monoisotopic (exact) mass is 364 g/mol. The van der Waals surface area contributed by atoms with Gasteiger partial charge >= 0.3 is 0 Å². The summed E-state index contributed by atoms with van der Waals surface area (Å²) in [6.45, 7) is 2.24. The first kappa shape index (κ1) is 17.5. The minimum atomic E-state index is -0.0311. The highest BCUT2D eigenvalue weighted by Gasteiger charge is 2.18. The molecule has 1 atom stereocenters. The zero-order valence-electron chi connectivity index (χ0n) is 15.2. The van der Waals surface area contributed by atoms with Gasteiger partial charge in [-0.3, -0.25) is 4.79 Å². The maximum Gasteiger partial charge on any atom is 0.240 e. The number of ether oxygens (including phenoxy) is 1. The number of imidazole rings is 1. The second-order valence-electron chi connectivity index (χ2n) is 6.79. The van der Waals surface area contributed by atoms with E-state index >= 15 is 0 Å². The Morgan fingerprint density at radius 1 is 1.15 bits per heavy atom. The van der Waals surface area contributed by atoms with Crippen molar-refractivity contribution in [3.05, 3.63) is 60.2 Å². The summed E-state index contributed by atoms with van der Waals surface area (Å²) in [5.41, 5.74) is 2.99. The summed E-state index contributed by atoms with van der Waals surface area (Å²) in [6, 6.07) is 18.0. The van der Waals surface area contributed by atoms with E-state index in [4.69, 9.17) is 4.74 Å². The molecule has 140 valence electrons. The number of amides is 1. The predicted molar refractivity (Wildman–Crippen MR) is 105 cm³/mol. The predicted octanol–water partition coefficient (Wildman–Crippen LogP) is 2.94. The molecule has 0 radical (unpaired) electrons. The van der Waals surface area contributed by atoms with E-state index in [0.29, 0.717) is 19.0 Å². The molecule has 4 rings (SSSR count). The highest BCUT2D eigenvalue weighted by molar-refractivity contribution is 5.83. The van der Waals surface area contributed by atoms with E-state index in [2.05, 4.69) is 27.8 Å². The quantitative estimate of drug-likeness (QED) is 0.676. The highest BCUT2D eigenvalue weighted by Crippen LogP contribution is 2.20. The van der Waals surface area contributed by atoms with E-state index in [9.17, 15) is 4.79 Å². The van der Waals surface area contributed by atoms with Gasteiger partial charge in [-0.05, 0) is 30.5 Å². The average Bonchev–Trinajstić information content (AvgIpc) is 3.34. The molecule has 6 nitrogen and oxygen atoms in total. The molecular formula is C21H24N4O2. The molecule has 1 aliphatic rings. The Bertz CT molecular complexity index is 901. The molecule has 1 aromatic heterocycles. The largest absolute Gasteiger partial charge is 0.376 e. The van der Waals surface area contributed by atoms with Crippen LogP contribution in [-0.2, 0) is 22.6 Å². The van der Waals surface area contributed by atoms with E-state index in [0.717, 1.165) is 30.5 Å². The third kappa shape index (κ3) is 4.28. The van der Waals surface area contributed by atoms with Gasteiger partial charge in [0.2, 0.25) is 11.9 Å². The fraction of sp³-hybridized carbons (Fsp3) is 0.333. The van der Waals surface area contributed by atoms with E-state index < -0.39 is 0 Å². The Morgan fingerprint density at radius 2 is 1.96 bits per heavy atom. The van der Waals surface area contributed by atoms with Crippen LogP contribution in [0.5, 0.6) is 0 Å². The number of hydrogen-bond acceptors (Lipinski definition) is 4. The highest BCUT2D eigenvalue weighted by atomic mass is 16.5. The standard InChI is InChI=1S/C21H24N4O2/c26-20(22-14-17-9-6-12-27-17)15-25-19-11-5-4-10-18(19)24-21(25)23-13-16-7-2-1-3-8-16/h1-5,7-8,10-11,17H,6,9,12-15H2,(H,22,26)(H,23,24). The number of carbonyl (C=O) groups is 1. The SMILES string of the molecule is O=C(Cn1c(NCc2ccccc2)nc2ccccc21)NCC1CCCO1. The lowest BCUT2D eigenvalue weighted by atomic mass is 10.2. The lowest BCUT2D eigenvalue weighted by molar-refractivity contribution is -0.122. The van der Waals surface area contributed by atoms with E-state index in [1.165, 1.54) is 5.56 Å². The van der Waals surface area contributed by atoms with Gasteiger partial charge < -0.3 is 19.9 Å². The summed E-state index contributed by atoms with van der Waals surface area (Å²) in [5.74, 6) is 0.670. The zero-order chi connectivity index (χ0) is 18.5. The first-order valence-electron chi connectivity index (χ1n) is 9.41. The molecular weight excluding hydrogens is 340 g/mol. The molecule has 6 heteroatoms. The molecule has 1 fully saturated rings. The van der Waals surface area contributed by atoms with Crippen LogP contribution in [-0.4, -0.2) is 34.7 Å². The first-order valence-corrected chi connectivity index (χ1v) is 9.41. The molecule has 0 bridgehead atoms. The molecule has 0 saturated carbocycles. The molecule has 1 unspecified atom stereocenters. The average molecular weight is 364 g/mol. The van der Waals surface area contributed by atoms with Gasteiger partial charge in [0, 0.05) is 19.7 Å². The van der Waals surface area contributed by atoms with Crippen LogP contribution in [0.3, 0.4) is 0 Å². The second-order valence-corrected chi connectivity index (χ2v) is 6.79. The molecule has 1 amide bonds. The van der Waals surface area contributed by atoms with Crippen molar-refractivity contribution in [2.75, 3.05) is 18.5 Å². The number of carbonyl (C=O) groups excluding carboxylic acids is 1. The molecule has 27 heavy (non-hydrogen) atoms. The van der Waals surface area contributed by atoms with Gasteiger partial charge in [-0.1, -0.05) is 42.5 Å². The fourth-order valence-corrected chi connectivity index (χ4v) is 3.38. The Labute approximate surface area is 158 Å². The number of nitrogens with one attached hydrogen (secondary N) is 2. The summed E-state index contributed by atoms with van der Waals surface area (Å²) in [5, 5.41) is 6.36. The summed E-state index contributed by atoms with van der Waals surface area (Å²) in [7, 11) is 0. The molecule has 2 heterocycles. The lowest BCUT2D eigenvalue weighted by Gasteiger charge is -2.13. The van der Waals surface area contributed by atoms with Crippen molar-refractivity contribution in [1.82, 2.24) is 14.9 Å². The van der Waals surface area contributed by atoms with Gasteiger partial charge in [-0.15, -0.1) is 0 Å². The molecule has 3 aromatic rings. The van der Waals surface area contributed by atoms with Crippen LogP contribution in [0.15, 0.2) is 54.6 Å². The summed E-state index contributed by atoms with van der Waals surface area (Å²) < 4.78 is 7.51. The third-order valence-electron chi connectivity index (χ3n) is 4.80. The van der Waals surface area contributed by atoms with Crippen molar-refractivity contribution < 1.29 is 9.53 Å². The molecule has 2 aromatic carbocycles. The number of anilines is 1. The van der Waals surface area contributed by atoms with E-state index in [1.54, 1.807) is 0 Å². The maximum absolute atomic E-state index is 12.5. The smallest absolute Gasteiger partial charge is 0.240 e. The Hall–Kier alpha value is -2.86. The van der Waals surface area contributed by atoms with Crippen molar-refractivity contribution in [2.45, 2.75) is 32.0 Å². The Morgan fingerprint density at radius 3 is 2.78 bits per heavy atom. The van der Waals surface area contributed by atoms with Crippen LogP contribution in [0, 0.1) is 0 Å². The minimum absolute atomic E-state index is 0.0311. The van der Waals surface area contributed by atoms with E-state index in [1.807, 2.05) is 47.0 Å². The van der Waals surface area contributed by atoms with Gasteiger partial charge in [-0.2, -0.15) is 0 Å². The molecule has 1 aliphatic heterocycles. The molecule has 2 N–H and O–H groups in total. The van der Waals surface area contributed by atoms with Crippen LogP contribution in [0.2, 0.25) is 0 Å². The number of hydrogen-bond donors (Lipinski definition) is 2. The number of nitrogens with zero attached hydrogens (tertiary/aromatic N) is 2. The minimum Gasteiger partial charge on any atom is -0.376 e. The van der Waals surface area contributed by atoms with Crippen LogP contribution in [0.1, 0.15) is 18.4 Å². The Kier molecular flexibility index (Phi) is 5.34. The van der Waals surface area contributed by atoms with E-state index in [-0.39, 0.29) is 18.6 Å². The number of benzene rings is 2. The van der Waals surface area contributed by atoms with Crippen LogP contribution < -0.4 is 10.6 Å². The van der Waals surface area contributed by atoms with Gasteiger partial charge in [0.05, 0.1) is 17.1 Å². The van der Waals surface area contributed by atoms with Crippen molar-refractivity contribution in [2.24, 2.45) is 0 Å². The van der Waals surface area contributed by atoms with Crippen molar-refractivity contribution in [3.63, 3.8) is 0 Å². The van der Waals surface area contributed by atoms with Gasteiger partial charge in [0.15, 0.2) is 0 Å². The zero-order valence-corrected chi connectivity index (χ0v) is 15.2. The molecule has 1 saturated heterocycles. The van der Waals surface area contributed by atoms with Crippen LogP contribution >= 0.6 is 0 Å². The van der Waals surface area contributed by atoms with Gasteiger partial charge in [0.1, 0.15) is 6.54 Å². The maximum atomic E-state index is 12.5.